The third-order valence-corrected chi connectivity index (χ3v) is 5.15. The molecular weight excluding hydrogens is 493 g/mol. The Kier molecular flexibility index (Phi) is 12.7. The van der Waals surface area contributed by atoms with Gasteiger partial charge in [0.25, 0.3) is 0 Å². The smallest absolute Gasteiger partial charge is 0.193 e. The number of halogens is 1. The number of nitrogens with zero attached hydrogens (tertiary/aromatic N) is 2. The molecular formula is C23H40IN3O3. The van der Waals surface area contributed by atoms with Crippen LogP contribution < -0.4 is 10.1 Å². The van der Waals surface area contributed by atoms with Crippen LogP contribution in [-0.4, -0.2) is 70.6 Å². The minimum Gasteiger partial charge on any atom is -0.492 e. The number of aliphatic imine (C=N–C) groups is 1. The van der Waals surface area contributed by atoms with Crippen LogP contribution in [0.4, 0.5) is 0 Å². The normalized spacial score (nSPS) is 15.6. The summed E-state index contributed by atoms with van der Waals surface area (Å²) in [5, 5.41) is 3.42. The summed E-state index contributed by atoms with van der Waals surface area (Å²) >= 11 is 0. The molecule has 1 fully saturated rings. The minimum absolute atomic E-state index is 0. The standard InChI is InChI=1S/C23H39N3O3.HI/c1-23(2,3)19-8-6-9-21(18-19)29-17-12-25-22(24-4)26-13-10-20(11-14-26)28-16-7-15-27-5;/h6,8-9,18,20H,7,10-17H2,1-5H3,(H,24,25);1H. The van der Waals surface area contributed by atoms with Crippen LogP contribution in [0.1, 0.15) is 45.6 Å². The zero-order chi connectivity index (χ0) is 21.1. The summed E-state index contributed by atoms with van der Waals surface area (Å²) in [6, 6.07) is 8.36. The van der Waals surface area contributed by atoms with E-state index in [-0.39, 0.29) is 29.4 Å². The Morgan fingerprint density at radius 1 is 1.17 bits per heavy atom. The van der Waals surface area contributed by atoms with Gasteiger partial charge in [-0.05, 0) is 42.4 Å². The second-order valence-electron chi connectivity index (χ2n) is 8.50. The number of nitrogens with one attached hydrogen (secondary N) is 1. The predicted molar refractivity (Wildman–Crippen MR) is 134 cm³/mol. The minimum atomic E-state index is 0. The molecule has 0 aromatic heterocycles. The van der Waals surface area contributed by atoms with Crippen LogP contribution in [0.25, 0.3) is 0 Å². The summed E-state index contributed by atoms with van der Waals surface area (Å²) < 4.78 is 16.9. The summed E-state index contributed by atoms with van der Waals surface area (Å²) in [5.41, 5.74) is 1.41. The Morgan fingerprint density at radius 2 is 1.90 bits per heavy atom. The Balaban J connectivity index is 0.00000450. The molecule has 0 spiro atoms. The first kappa shape index (κ1) is 27.0. The third-order valence-electron chi connectivity index (χ3n) is 5.15. The molecule has 1 aromatic carbocycles. The first-order valence-corrected chi connectivity index (χ1v) is 10.7. The van der Waals surface area contributed by atoms with Gasteiger partial charge in [0, 0.05) is 40.5 Å². The van der Waals surface area contributed by atoms with Crippen molar-refractivity contribution in [2.45, 2.75) is 51.6 Å². The van der Waals surface area contributed by atoms with Crippen LogP contribution in [0, 0.1) is 0 Å². The number of rotatable bonds is 9. The van der Waals surface area contributed by atoms with Crippen molar-refractivity contribution in [3.63, 3.8) is 0 Å². The Labute approximate surface area is 199 Å². The number of methoxy groups -OCH3 is 1. The van der Waals surface area contributed by atoms with Gasteiger partial charge in [0.1, 0.15) is 12.4 Å². The van der Waals surface area contributed by atoms with E-state index in [1.165, 1.54) is 5.56 Å². The quantitative estimate of drug-likeness (QED) is 0.225. The number of benzene rings is 1. The highest BCUT2D eigenvalue weighted by atomic mass is 127. The molecule has 0 saturated carbocycles. The maximum absolute atomic E-state index is 5.94. The summed E-state index contributed by atoms with van der Waals surface area (Å²) in [5.74, 6) is 1.86. The molecule has 1 N–H and O–H groups in total. The molecule has 0 atom stereocenters. The van der Waals surface area contributed by atoms with E-state index >= 15 is 0 Å². The summed E-state index contributed by atoms with van der Waals surface area (Å²) in [7, 11) is 3.56. The van der Waals surface area contributed by atoms with Crippen LogP contribution in [0.15, 0.2) is 29.3 Å². The highest BCUT2D eigenvalue weighted by Gasteiger charge is 2.21. The molecule has 0 aliphatic carbocycles. The van der Waals surface area contributed by atoms with Crippen molar-refractivity contribution in [2.75, 3.05) is 53.6 Å². The van der Waals surface area contributed by atoms with E-state index in [4.69, 9.17) is 14.2 Å². The fraction of sp³-hybridized carbons (Fsp3) is 0.696. The lowest BCUT2D eigenvalue weighted by molar-refractivity contribution is 0.00989. The van der Waals surface area contributed by atoms with Gasteiger partial charge in [0.05, 0.1) is 12.6 Å². The van der Waals surface area contributed by atoms with Crippen molar-refractivity contribution >= 4 is 29.9 Å². The van der Waals surface area contributed by atoms with E-state index in [2.05, 4.69) is 54.2 Å². The lowest BCUT2D eigenvalue weighted by Crippen LogP contribution is -2.47. The lowest BCUT2D eigenvalue weighted by atomic mass is 9.87. The van der Waals surface area contributed by atoms with E-state index in [9.17, 15) is 0 Å². The average Bonchev–Trinajstić information content (AvgIpc) is 2.71. The number of ether oxygens (including phenoxy) is 3. The Hall–Kier alpha value is -1.06. The van der Waals surface area contributed by atoms with Crippen LogP contribution in [-0.2, 0) is 14.9 Å². The van der Waals surface area contributed by atoms with Crippen LogP contribution in [0.3, 0.4) is 0 Å². The van der Waals surface area contributed by atoms with Gasteiger partial charge in [0.15, 0.2) is 5.96 Å². The van der Waals surface area contributed by atoms with Gasteiger partial charge in [-0.2, -0.15) is 0 Å². The second-order valence-corrected chi connectivity index (χ2v) is 8.50. The highest BCUT2D eigenvalue weighted by Crippen LogP contribution is 2.25. The average molecular weight is 533 g/mol. The maximum Gasteiger partial charge on any atom is 0.193 e. The molecule has 1 aliphatic heterocycles. The molecule has 7 heteroatoms. The lowest BCUT2D eigenvalue weighted by Gasteiger charge is -2.34. The van der Waals surface area contributed by atoms with Crippen molar-refractivity contribution in [3.8, 4) is 5.75 Å². The van der Waals surface area contributed by atoms with Gasteiger partial charge in [0.2, 0.25) is 0 Å². The Bertz CT molecular complexity index is 626. The number of likely N-dealkylation sites (tertiary alicyclic amines) is 1. The highest BCUT2D eigenvalue weighted by molar-refractivity contribution is 14.0. The molecule has 1 aromatic rings. The summed E-state index contributed by atoms with van der Waals surface area (Å²) in [6.45, 7) is 11.4. The van der Waals surface area contributed by atoms with Crippen molar-refractivity contribution in [1.29, 1.82) is 0 Å². The second kappa shape index (κ2) is 14.1. The molecule has 30 heavy (non-hydrogen) atoms. The summed E-state index contributed by atoms with van der Waals surface area (Å²) in [4.78, 5) is 6.73. The number of guanidine groups is 1. The SMILES string of the molecule is CN=C(NCCOc1cccc(C(C)(C)C)c1)N1CCC(OCCCOC)CC1.I. The van der Waals surface area contributed by atoms with Crippen molar-refractivity contribution in [2.24, 2.45) is 4.99 Å². The third kappa shape index (κ3) is 9.39. The molecule has 0 unspecified atom stereocenters. The zero-order valence-corrected chi connectivity index (χ0v) is 21.6. The van der Waals surface area contributed by atoms with Crippen LogP contribution in [0.5, 0.6) is 5.75 Å². The van der Waals surface area contributed by atoms with Crippen LogP contribution in [0.2, 0.25) is 0 Å². The molecule has 6 nitrogen and oxygen atoms in total. The molecule has 1 aliphatic rings. The fourth-order valence-corrected chi connectivity index (χ4v) is 3.40. The number of piperidine rings is 1. The largest absolute Gasteiger partial charge is 0.492 e. The monoisotopic (exact) mass is 533 g/mol. The van der Waals surface area contributed by atoms with Crippen molar-refractivity contribution in [1.82, 2.24) is 10.2 Å². The van der Waals surface area contributed by atoms with E-state index in [0.717, 1.165) is 63.8 Å². The van der Waals surface area contributed by atoms with E-state index in [1.54, 1.807) is 7.11 Å². The van der Waals surface area contributed by atoms with Crippen molar-refractivity contribution in [3.05, 3.63) is 29.8 Å². The fourth-order valence-electron chi connectivity index (χ4n) is 3.40. The first-order chi connectivity index (χ1) is 13.9. The Morgan fingerprint density at radius 3 is 2.53 bits per heavy atom. The van der Waals surface area contributed by atoms with Gasteiger partial charge in [-0.1, -0.05) is 32.9 Å². The molecule has 172 valence electrons. The molecule has 0 amide bonds. The summed E-state index contributed by atoms with van der Waals surface area (Å²) in [6.07, 6.45) is 3.37. The van der Waals surface area contributed by atoms with E-state index < -0.39 is 0 Å². The van der Waals surface area contributed by atoms with Gasteiger partial charge >= 0.3 is 0 Å². The van der Waals surface area contributed by atoms with Gasteiger partial charge in [-0.25, -0.2) is 0 Å². The molecule has 0 radical (unpaired) electrons. The number of hydrogen-bond acceptors (Lipinski definition) is 4. The van der Waals surface area contributed by atoms with Gasteiger partial charge in [-0.3, -0.25) is 4.99 Å². The molecule has 0 bridgehead atoms. The van der Waals surface area contributed by atoms with E-state index in [0.29, 0.717) is 12.7 Å². The van der Waals surface area contributed by atoms with E-state index in [1.807, 2.05) is 13.1 Å². The first-order valence-electron chi connectivity index (χ1n) is 10.7. The molecule has 2 rings (SSSR count). The van der Waals surface area contributed by atoms with Gasteiger partial charge < -0.3 is 24.4 Å². The molecule has 1 heterocycles. The number of hydrogen-bond donors (Lipinski definition) is 1. The maximum atomic E-state index is 5.94. The zero-order valence-electron chi connectivity index (χ0n) is 19.3. The molecule has 1 saturated heterocycles. The topological polar surface area (TPSA) is 55.3 Å². The van der Waals surface area contributed by atoms with Crippen LogP contribution >= 0.6 is 24.0 Å². The predicted octanol–water partition coefficient (Wildman–Crippen LogP) is 4.07. The van der Waals surface area contributed by atoms with Gasteiger partial charge in [-0.15, -0.1) is 24.0 Å². The van der Waals surface area contributed by atoms with Crippen molar-refractivity contribution < 1.29 is 14.2 Å².